The van der Waals surface area contributed by atoms with Gasteiger partial charge in [0.2, 0.25) is 0 Å². The average Bonchev–Trinajstić information content (AvgIpc) is 2.69. The number of halogens is 1. The number of hydrogen-bond acceptors (Lipinski definition) is 4. The van der Waals surface area contributed by atoms with Gasteiger partial charge in [0.15, 0.2) is 0 Å². The van der Waals surface area contributed by atoms with E-state index in [0.29, 0.717) is 16.3 Å². The third-order valence-electron chi connectivity index (χ3n) is 5.06. The maximum absolute atomic E-state index is 12.9. The highest BCUT2D eigenvalue weighted by Gasteiger charge is 2.21. The summed E-state index contributed by atoms with van der Waals surface area (Å²) in [6.07, 6.45) is 1.02. The number of amides is 1. The van der Waals surface area contributed by atoms with Crippen LogP contribution in [0.5, 0.6) is 5.75 Å². The molecule has 0 bridgehead atoms. The molecule has 1 amide bonds. The van der Waals surface area contributed by atoms with Crippen LogP contribution >= 0.6 is 11.6 Å². The molecule has 1 saturated heterocycles. The number of carbonyl (C=O) groups is 1. The van der Waals surface area contributed by atoms with Crippen molar-refractivity contribution in [3.05, 3.63) is 53.1 Å². The number of nitrogens with one attached hydrogen (secondary N) is 1. The Morgan fingerprint density at radius 1 is 1.18 bits per heavy atom. The number of anilines is 2. The van der Waals surface area contributed by atoms with Crippen LogP contribution in [-0.2, 0) is 0 Å². The minimum atomic E-state index is -0.174. The van der Waals surface area contributed by atoms with Crippen molar-refractivity contribution in [1.82, 2.24) is 4.90 Å². The molecule has 1 heterocycles. The van der Waals surface area contributed by atoms with E-state index in [1.54, 1.807) is 12.1 Å². The fraction of sp³-hybridized carbons (Fsp3) is 0.409. The maximum Gasteiger partial charge on any atom is 0.255 e. The molecule has 150 valence electrons. The van der Waals surface area contributed by atoms with Gasteiger partial charge in [-0.2, -0.15) is 0 Å². The van der Waals surface area contributed by atoms with Gasteiger partial charge in [-0.15, -0.1) is 0 Å². The Bertz CT molecular complexity index is 819. The summed E-state index contributed by atoms with van der Waals surface area (Å²) >= 11 is 6.50. The molecule has 0 radical (unpaired) electrons. The first-order chi connectivity index (χ1) is 13.5. The lowest BCUT2D eigenvalue weighted by Gasteiger charge is -2.35. The van der Waals surface area contributed by atoms with Crippen LogP contribution in [0.25, 0.3) is 0 Å². The quantitative estimate of drug-likeness (QED) is 0.772. The van der Waals surface area contributed by atoms with Crippen LogP contribution in [0.15, 0.2) is 42.5 Å². The third kappa shape index (κ3) is 4.97. The van der Waals surface area contributed by atoms with Crippen LogP contribution in [0.2, 0.25) is 5.02 Å². The largest absolute Gasteiger partial charge is 0.491 e. The van der Waals surface area contributed by atoms with Crippen molar-refractivity contribution in [2.24, 2.45) is 0 Å². The van der Waals surface area contributed by atoms with Crippen molar-refractivity contribution >= 4 is 28.9 Å². The first-order valence-electron chi connectivity index (χ1n) is 9.78. The van der Waals surface area contributed by atoms with Crippen LogP contribution in [0.1, 0.15) is 30.6 Å². The number of nitrogens with zero attached hydrogens (tertiary/aromatic N) is 2. The van der Waals surface area contributed by atoms with E-state index < -0.39 is 0 Å². The minimum Gasteiger partial charge on any atom is -0.491 e. The lowest BCUT2D eigenvalue weighted by molar-refractivity contribution is 0.102. The highest BCUT2D eigenvalue weighted by Crippen LogP contribution is 2.35. The summed E-state index contributed by atoms with van der Waals surface area (Å²) in [7, 11) is 2.11. The van der Waals surface area contributed by atoms with Crippen LogP contribution < -0.4 is 15.0 Å². The number of carbonyl (C=O) groups excluding carboxylic acids is 1. The smallest absolute Gasteiger partial charge is 0.255 e. The van der Waals surface area contributed by atoms with E-state index in [1.807, 2.05) is 37.3 Å². The second-order valence-corrected chi connectivity index (χ2v) is 7.65. The Morgan fingerprint density at radius 3 is 2.61 bits per heavy atom. The summed E-state index contributed by atoms with van der Waals surface area (Å²) in [6.45, 7) is 7.77. The molecular formula is C22H28ClN3O2. The predicted octanol–water partition coefficient (Wildman–Crippen LogP) is 4.52. The number of ether oxygens (including phenoxy) is 1. The fourth-order valence-corrected chi connectivity index (χ4v) is 3.48. The Hall–Kier alpha value is -2.24. The molecule has 1 N–H and O–H groups in total. The molecule has 2 aromatic rings. The van der Waals surface area contributed by atoms with Crippen LogP contribution in [0.3, 0.4) is 0 Å². The van der Waals surface area contributed by atoms with E-state index in [4.69, 9.17) is 16.3 Å². The fourth-order valence-electron chi connectivity index (χ4n) is 3.19. The normalized spacial score (nSPS) is 15.9. The number of rotatable bonds is 6. The SMILES string of the molecule is CCC(C)Oc1cccc(C(=O)Nc2cccc(Cl)c2N2CCN(C)CC2)c1. The van der Waals surface area contributed by atoms with Crippen LogP contribution in [-0.4, -0.2) is 50.1 Å². The molecule has 2 aromatic carbocycles. The molecule has 3 rings (SSSR count). The van der Waals surface area contributed by atoms with Crippen molar-refractivity contribution < 1.29 is 9.53 Å². The zero-order valence-corrected chi connectivity index (χ0v) is 17.5. The molecule has 0 aliphatic carbocycles. The second-order valence-electron chi connectivity index (χ2n) is 7.24. The summed E-state index contributed by atoms with van der Waals surface area (Å²) in [6, 6.07) is 12.9. The van der Waals surface area contributed by atoms with E-state index in [1.165, 1.54) is 0 Å². The number of hydrogen-bond donors (Lipinski definition) is 1. The molecule has 28 heavy (non-hydrogen) atoms. The lowest BCUT2D eigenvalue weighted by atomic mass is 10.1. The van der Waals surface area contributed by atoms with E-state index >= 15 is 0 Å². The maximum atomic E-state index is 12.9. The third-order valence-corrected chi connectivity index (χ3v) is 5.37. The van der Waals surface area contributed by atoms with Gasteiger partial charge in [0.25, 0.3) is 5.91 Å². The summed E-state index contributed by atoms with van der Waals surface area (Å²) in [4.78, 5) is 17.4. The van der Waals surface area contributed by atoms with Crippen molar-refractivity contribution in [3.63, 3.8) is 0 Å². The molecule has 0 spiro atoms. The average molecular weight is 402 g/mol. The van der Waals surface area contributed by atoms with E-state index in [9.17, 15) is 4.79 Å². The van der Waals surface area contributed by atoms with E-state index in [0.717, 1.165) is 44.0 Å². The summed E-state index contributed by atoms with van der Waals surface area (Å²) in [5.41, 5.74) is 2.18. The van der Waals surface area contributed by atoms with Crippen molar-refractivity contribution in [2.45, 2.75) is 26.4 Å². The lowest BCUT2D eigenvalue weighted by Crippen LogP contribution is -2.44. The minimum absolute atomic E-state index is 0.107. The highest BCUT2D eigenvalue weighted by molar-refractivity contribution is 6.34. The Kier molecular flexibility index (Phi) is 6.81. The first-order valence-corrected chi connectivity index (χ1v) is 10.2. The summed E-state index contributed by atoms with van der Waals surface area (Å²) in [5.74, 6) is 0.527. The molecule has 0 saturated carbocycles. The molecule has 5 nitrogen and oxygen atoms in total. The van der Waals surface area contributed by atoms with Gasteiger partial charge in [-0.3, -0.25) is 4.79 Å². The van der Waals surface area contributed by atoms with Gasteiger partial charge >= 0.3 is 0 Å². The molecule has 1 aliphatic heterocycles. The molecule has 1 aliphatic rings. The Labute approximate surface area is 172 Å². The van der Waals surface area contributed by atoms with Gasteiger partial charge in [0.1, 0.15) is 5.75 Å². The van der Waals surface area contributed by atoms with E-state index in [2.05, 4.69) is 29.1 Å². The van der Waals surface area contributed by atoms with Gasteiger partial charge in [0, 0.05) is 31.7 Å². The molecule has 1 atom stereocenters. The second kappa shape index (κ2) is 9.30. The van der Waals surface area contributed by atoms with Crippen molar-refractivity contribution in [1.29, 1.82) is 0 Å². The summed E-state index contributed by atoms with van der Waals surface area (Å²) in [5, 5.41) is 3.69. The zero-order valence-electron chi connectivity index (χ0n) is 16.7. The molecular weight excluding hydrogens is 374 g/mol. The van der Waals surface area contributed by atoms with Gasteiger partial charge in [0.05, 0.1) is 22.5 Å². The highest BCUT2D eigenvalue weighted by atomic mass is 35.5. The van der Waals surface area contributed by atoms with Gasteiger partial charge in [-0.05, 0) is 50.7 Å². The topological polar surface area (TPSA) is 44.8 Å². The Balaban J connectivity index is 1.79. The first kappa shape index (κ1) is 20.5. The van der Waals surface area contributed by atoms with E-state index in [-0.39, 0.29) is 12.0 Å². The summed E-state index contributed by atoms with van der Waals surface area (Å²) < 4.78 is 5.84. The monoisotopic (exact) mass is 401 g/mol. The zero-order chi connectivity index (χ0) is 20.1. The molecule has 6 heteroatoms. The predicted molar refractivity (Wildman–Crippen MR) is 116 cm³/mol. The van der Waals surface area contributed by atoms with Gasteiger partial charge in [-0.1, -0.05) is 30.7 Å². The number of para-hydroxylation sites is 1. The number of piperazine rings is 1. The number of likely N-dealkylation sites (N-methyl/N-ethyl adjacent to an activating group) is 1. The molecule has 0 aromatic heterocycles. The van der Waals surface area contributed by atoms with Gasteiger partial charge in [-0.25, -0.2) is 0 Å². The van der Waals surface area contributed by atoms with Gasteiger partial charge < -0.3 is 19.9 Å². The van der Waals surface area contributed by atoms with Crippen LogP contribution in [0.4, 0.5) is 11.4 Å². The molecule has 1 unspecified atom stereocenters. The number of benzene rings is 2. The Morgan fingerprint density at radius 2 is 1.89 bits per heavy atom. The van der Waals surface area contributed by atoms with Crippen molar-refractivity contribution in [2.75, 3.05) is 43.4 Å². The van der Waals surface area contributed by atoms with Crippen molar-refractivity contribution in [3.8, 4) is 5.75 Å². The van der Waals surface area contributed by atoms with Crippen LogP contribution in [0, 0.1) is 0 Å². The standard InChI is InChI=1S/C22H28ClN3O2/c1-4-16(2)28-18-8-5-7-17(15-18)22(27)24-20-10-6-9-19(23)21(20)26-13-11-25(3)12-14-26/h5-10,15-16H,4,11-14H2,1-3H3,(H,24,27). The molecule has 1 fully saturated rings.